The fourth-order valence-electron chi connectivity index (χ4n) is 3.98. The van der Waals surface area contributed by atoms with Gasteiger partial charge in [-0.05, 0) is 55.3 Å². The van der Waals surface area contributed by atoms with Gasteiger partial charge in [0.2, 0.25) is 15.8 Å². The molecule has 0 unspecified atom stereocenters. The van der Waals surface area contributed by atoms with Gasteiger partial charge in [0.1, 0.15) is 0 Å². The van der Waals surface area contributed by atoms with Crippen molar-refractivity contribution in [2.24, 2.45) is 0 Å². The molecule has 0 amide bonds. The number of alkyl halides is 3. The van der Waals surface area contributed by atoms with E-state index in [1.807, 2.05) is 0 Å². The third-order valence-corrected chi connectivity index (χ3v) is 8.86. The van der Waals surface area contributed by atoms with Crippen molar-refractivity contribution in [2.75, 3.05) is 19.3 Å². The molecule has 1 aromatic heterocycles. The molecular formula is C20H19ClF3N3O4S2. The van der Waals surface area contributed by atoms with Gasteiger partial charge >= 0.3 is 6.18 Å². The van der Waals surface area contributed by atoms with Crippen molar-refractivity contribution in [3.05, 3.63) is 53.3 Å². The normalized spacial score (nSPS) is 17.0. The summed E-state index contributed by atoms with van der Waals surface area (Å²) in [7, 11) is -7.44. The summed E-state index contributed by atoms with van der Waals surface area (Å²) < 4.78 is 93.0. The lowest BCUT2D eigenvalue weighted by Gasteiger charge is -2.33. The number of fused-ring (bicyclic) bond motifs is 1. The Morgan fingerprint density at radius 3 is 2.09 bits per heavy atom. The van der Waals surface area contributed by atoms with Gasteiger partial charge in [-0.2, -0.15) is 17.5 Å². The monoisotopic (exact) mass is 521 g/mol. The molecular weight excluding hydrogens is 503 g/mol. The molecule has 0 aliphatic carbocycles. The molecule has 1 aliphatic rings. The molecule has 0 saturated carbocycles. The van der Waals surface area contributed by atoms with Gasteiger partial charge in [-0.1, -0.05) is 11.6 Å². The van der Waals surface area contributed by atoms with Gasteiger partial charge < -0.3 is 4.57 Å². The van der Waals surface area contributed by atoms with E-state index in [4.69, 9.17) is 11.6 Å². The Balaban J connectivity index is 1.67. The number of benzene rings is 2. The number of hydrogen-bond donors (Lipinski definition) is 0. The molecule has 3 aromatic rings. The zero-order valence-corrected chi connectivity index (χ0v) is 19.6. The summed E-state index contributed by atoms with van der Waals surface area (Å²) in [6, 6.07) is 8.70. The molecule has 0 N–H and O–H groups in total. The van der Waals surface area contributed by atoms with Crippen molar-refractivity contribution in [3.8, 4) is 0 Å². The van der Waals surface area contributed by atoms with Gasteiger partial charge in [0.05, 0.1) is 20.8 Å². The van der Waals surface area contributed by atoms with E-state index in [1.165, 1.54) is 40.7 Å². The topological polar surface area (TPSA) is 89.3 Å². The van der Waals surface area contributed by atoms with E-state index in [0.717, 1.165) is 16.9 Å². The number of nitrogens with zero attached hydrogens (tertiary/aromatic N) is 3. The lowest BCUT2D eigenvalue weighted by Crippen LogP contribution is -2.39. The predicted molar refractivity (Wildman–Crippen MR) is 116 cm³/mol. The summed E-state index contributed by atoms with van der Waals surface area (Å²) in [5, 5.41) is 0.387. The lowest BCUT2D eigenvalue weighted by molar-refractivity contribution is -0.147. The highest BCUT2D eigenvalue weighted by molar-refractivity contribution is 7.90. The van der Waals surface area contributed by atoms with Crippen molar-refractivity contribution in [1.29, 1.82) is 0 Å². The molecule has 0 bridgehead atoms. The van der Waals surface area contributed by atoms with Crippen LogP contribution in [-0.4, -0.2) is 50.0 Å². The average Bonchev–Trinajstić information content (AvgIpc) is 3.13. The second kappa shape index (κ2) is 8.26. The maximum atomic E-state index is 13.8. The molecule has 33 heavy (non-hydrogen) atoms. The molecule has 1 aliphatic heterocycles. The van der Waals surface area contributed by atoms with Crippen LogP contribution in [0.3, 0.4) is 0 Å². The molecule has 13 heteroatoms. The van der Waals surface area contributed by atoms with Crippen LogP contribution >= 0.6 is 11.6 Å². The summed E-state index contributed by atoms with van der Waals surface area (Å²) >= 11 is 5.82. The Kier molecular flexibility index (Phi) is 6.00. The highest BCUT2D eigenvalue weighted by Crippen LogP contribution is 2.38. The van der Waals surface area contributed by atoms with Crippen LogP contribution in [0.4, 0.5) is 13.2 Å². The van der Waals surface area contributed by atoms with Crippen molar-refractivity contribution in [2.45, 2.75) is 34.9 Å². The number of sulfone groups is 1. The minimum Gasteiger partial charge on any atom is -0.317 e. The molecule has 2 aromatic carbocycles. The number of imidazole rings is 1. The molecule has 4 rings (SSSR count). The fourth-order valence-corrected chi connectivity index (χ4v) is 6.21. The van der Waals surface area contributed by atoms with E-state index in [-0.39, 0.29) is 46.8 Å². The Bertz CT molecular complexity index is 1410. The van der Waals surface area contributed by atoms with Gasteiger partial charge in [0, 0.05) is 30.4 Å². The van der Waals surface area contributed by atoms with Crippen molar-refractivity contribution in [1.82, 2.24) is 13.9 Å². The third-order valence-electron chi connectivity index (χ3n) is 5.58. The van der Waals surface area contributed by atoms with Crippen LogP contribution in [0.2, 0.25) is 5.02 Å². The number of halogens is 4. The number of rotatable bonds is 4. The number of piperidine rings is 1. The van der Waals surface area contributed by atoms with E-state index in [0.29, 0.717) is 5.02 Å². The van der Waals surface area contributed by atoms with Crippen molar-refractivity contribution in [3.63, 3.8) is 0 Å². The first-order valence-electron chi connectivity index (χ1n) is 9.83. The van der Waals surface area contributed by atoms with E-state index in [2.05, 4.69) is 4.98 Å². The summed E-state index contributed by atoms with van der Waals surface area (Å²) in [5.41, 5.74) is 0.0650. The Labute approximate surface area is 193 Å². The van der Waals surface area contributed by atoms with E-state index >= 15 is 0 Å². The molecule has 7 nitrogen and oxygen atoms in total. The quantitative estimate of drug-likeness (QED) is 0.515. The van der Waals surface area contributed by atoms with Crippen LogP contribution in [0, 0.1) is 0 Å². The highest BCUT2D eigenvalue weighted by atomic mass is 35.5. The fraction of sp³-hybridized carbons (Fsp3) is 0.350. The summed E-state index contributed by atoms with van der Waals surface area (Å²) in [6.45, 7) is 0.0437. The molecule has 0 radical (unpaired) electrons. The summed E-state index contributed by atoms with van der Waals surface area (Å²) in [5.74, 6) is -1.14. The number of hydrogen-bond acceptors (Lipinski definition) is 5. The SMILES string of the molecule is CS(=O)(=O)c1ccc2c(c1)nc(C(F)(F)F)n2C1CCN(S(=O)(=O)c2ccc(Cl)cc2)CC1. The van der Waals surface area contributed by atoms with E-state index in [9.17, 15) is 30.0 Å². The van der Waals surface area contributed by atoms with Gasteiger partial charge in [-0.3, -0.25) is 0 Å². The minimum absolute atomic E-state index is 0.0218. The second-order valence-electron chi connectivity index (χ2n) is 7.82. The van der Waals surface area contributed by atoms with Crippen LogP contribution in [0.1, 0.15) is 24.7 Å². The van der Waals surface area contributed by atoms with Gasteiger partial charge in [0.25, 0.3) is 0 Å². The first-order valence-corrected chi connectivity index (χ1v) is 13.5. The van der Waals surface area contributed by atoms with Crippen LogP contribution in [0.25, 0.3) is 11.0 Å². The predicted octanol–water partition coefficient (Wildman–Crippen LogP) is 4.14. The number of sulfonamides is 1. The standard InChI is InChI=1S/C20H19ClF3N3O4S2/c1-32(28,29)16-6-7-18-17(12-16)25-19(20(22,23)24)27(18)14-8-10-26(11-9-14)33(30,31)15-4-2-13(21)3-5-15/h2-7,12,14H,8-11H2,1H3. The first-order chi connectivity index (χ1) is 15.3. The van der Waals surface area contributed by atoms with Crippen molar-refractivity contribution >= 4 is 42.5 Å². The second-order valence-corrected chi connectivity index (χ2v) is 12.2. The Morgan fingerprint density at radius 1 is 0.970 bits per heavy atom. The van der Waals surface area contributed by atoms with E-state index in [1.54, 1.807) is 0 Å². The molecule has 0 spiro atoms. The maximum Gasteiger partial charge on any atom is 0.449 e. The third kappa shape index (κ3) is 4.61. The molecule has 1 fully saturated rings. The highest BCUT2D eigenvalue weighted by Gasteiger charge is 2.41. The minimum atomic E-state index is -4.77. The average molecular weight is 522 g/mol. The Hall–Kier alpha value is -2.15. The summed E-state index contributed by atoms with van der Waals surface area (Å²) in [6.07, 6.45) is -3.53. The largest absolute Gasteiger partial charge is 0.449 e. The van der Waals surface area contributed by atoms with E-state index < -0.39 is 37.9 Å². The molecule has 1 saturated heterocycles. The molecule has 0 atom stereocenters. The lowest BCUT2D eigenvalue weighted by atomic mass is 10.1. The van der Waals surface area contributed by atoms with Crippen LogP contribution in [-0.2, 0) is 26.0 Å². The van der Waals surface area contributed by atoms with Crippen molar-refractivity contribution < 1.29 is 30.0 Å². The number of aromatic nitrogens is 2. The van der Waals surface area contributed by atoms with Crippen LogP contribution in [0.15, 0.2) is 52.3 Å². The zero-order valence-electron chi connectivity index (χ0n) is 17.3. The van der Waals surface area contributed by atoms with Gasteiger partial charge in [-0.15, -0.1) is 0 Å². The zero-order chi connectivity index (χ0) is 24.2. The molecule has 178 valence electrons. The molecule has 2 heterocycles. The van der Waals surface area contributed by atoms with Gasteiger partial charge in [-0.25, -0.2) is 21.8 Å². The Morgan fingerprint density at radius 2 is 1.55 bits per heavy atom. The first kappa shape index (κ1) is 24.0. The maximum absolute atomic E-state index is 13.8. The van der Waals surface area contributed by atoms with Crippen LogP contribution in [0.5, 0.6) is 0 Å². The van der Waals surface area contributed by atoms with Gasteiger partial charge in [0.15, 0.2) is 9.84 Å². The summed E-state index contributed by atoms with van der Waals surface area (Å²) in [4.78, 5) is 3.62. The van der Waals surface area contributed by atoms with Crippen LogP contribution < -0.4 is 0 Å². The smallest absolute Gasteiger partial charge is 0.317 e.